The predicted molar refractivity (Wildman–Crippen MR) is 28.0 cm³/mol. The fraction of sp³-hybridized carbons (Fsp3) is 1.00. The van der Waals surface area contributed by atoms with Gasteiger partial charge in [-0.2, -0.15) is 0 Å². The molecule has 7 heavy (non-hydrogen) atoms. The van der Waals surface area contributed by atoms with Crippen LogP contribution in [0.4, 0.5) is 0 Å². The molecule has 1 aliphatic heterocycles. The molecule has 1 saturated heterocycles. The molecule has 2 nitrogen and oxygen atoms in total. The Kier molecular flexibility index (Phi) is 1.05. The van der Waals surface area contributed by atoms with Gasteiger partial charge in [-0.1, -0.05) is 0 Å². The molecule has 0 aromatic rings. The minimum atomic E-state index is 0.175. The molecule has 0 aromatic heterocycles. The van der Waals surface area contributed by atoms with Crippen LogP contribution >= 0.6 is 0 Å². The molecule has 1 aliphatic rings. The second-order valence-corrected chi connectivity index (χ2v) is 2.28. The Bertz CT molecular complexity index is 68.5. The number of hydrogen-bond donors (Lipinski definition) is 1. The second kappa shape index (κ2) is 1.46. The topological polar surface area (TPSA) is 38.5 Å². The monoisotopic (exact) mass is 101 g/mol. The highest BCUT2D eigenvalue weighted by Crippen LogP contribution is 2.28. The van der Waals surface area contributed by atoms with E-state index in [2.05, 4.69) is 6.92 Å². The third kappa shape index (κ3) is 1.14. The third-order valence-corrected chi connectivity index (χ3v) is 1.31. The normalized spacial score (nSPS) is 38.6. The van der Waals surface area contributed by atoms with E-state index in [9.17, 15) is 0 Å². The zero-order valence-corrected chi connectivity index (χ0v) is 4.61. The Morgan fingerprint density at radius 1 is 1.86 bits per heavy atom. The maximum Gasteiger partial charge on any atom is 0.0900 e. The number of rotatable bonds is 2. The molecule has 0 aromatic carbocycles. The van der Waals surface area contributed by atoms with Crippen molar-refractivity contribution >= 4 is 0 Å². The Hall–Kier alpha value is -0.0800. The molecule has 0 bridgehead atoms. The van der Waals surface area contributed by atoms with Crippen LogP contribution < -0.4 is 5.73 Å². The highest BCUT2D eigenvalue weighted by Gasteiger charge is 2.37. The van der Waals surface area contributed by atoms with E-state index in [0.29, 0.717) is 0 Å². The van der Waals surface area contributed by atoms with E-state index < -0.39 is 0 Å². The van der Waals surface area contributed by atoms with Gasteiger partial charge in [-0.05, 0) is 19.9 Å². The van der Waals surface area contributed by atoms with Gasteiger partial charge in [0.1, 0.15) is 0 Å². The van der Waals surface area contributed by atoms with E-state index in [1.165, 1.54) is 0 Å². The molecule has 1 heterocycles. The summed E-state index contributed by atoms with van der Waals surface area (Å²) in [5, 5.41) is 0. The van der Waals surface area contributed by atoms with Gasteiger partial charge in [0, 0.05) is 0 Å². The smallest absolute Gasteiger partial charge is 0.0900 e. The lowest BCUT2D eigenvalue weighted by Gasteiger charge is -1.97. The summed E-state index contributed by atoms with van der Waals surface area (Å²) in [6.07, 6.45) is 1.01. The van der Waals surface area contributed by atoms with E-state index >= 15 is 0 Å². The number of epoxide rings is 1. The van der Waals surface area contributed by atoms with Gasteiger partial charge in [-0.15, -0.1) is 0 Å². The third-order valence-electron chi connectivity index (χ3n) is 1.31. The highest BCUT2D eigenvalue weighted by molar-refractivity contribution is 4.86. The quantitative estimate of drug-likeness (QED) is 0.502. The molecule has 1 atom stereocenters. The minimum absolute atomic E-state index is 0.175. The van der Waals surface area contributed by atoms with Crippen LogP contribution in [0.5, 0.6) is 0 Å². The van der Waals surface area contributed by atoms with Crippen LogP contribution in [0.25, 0.3) is 0 Å². The fourth-order valence-corrected chi connectivity index (χ4v) is 0.573. The average molecular weight is 101 g/mol. The van der Waals surface area contributed by atoms with E-state index in [1.54, 1.807) is 0 Å². The average Bonchev–Trinajstić information content (AvgIpc) is 2.22. The van der Waals surface area contributed by atoms with Crippen molar-refractivity contribution in [3.8, 4) is 0 Å². The van der Waals surface area contributed by atoms with Gasteiger partial charge >= 0.3 is 0 Å². The first-order valence-electron chi connectivity index (χ1n) is 2.61. The van der Waals surface area contributed by atoms with Gasteiger partial charge in [0.05, 0.1) is 12.2 Å². The molecule has 0 amide bonds. The molecule has 1 unspecified atom stereocenters. The largest absolute Gasteiger partial charge is 0.370 e. The molecule has 0 radical (unpaired) electrons. The standard InChI is InChI=1S/C5H11NO/c1-5(2-3-6)4-7-5/h2-4,6H2,1H3. The van der Waals surface area contributed by atoms with Gasteiger partial charge in [0.15, 0.2) is 0 Å². The summed E-state index contributed by atoms with van der Waals surface area (Å²) in [6, 6.07) is 0. The highest BCUT2D eigenvalue weighted by atomic mass is 16.6. The summed E-state index contributed by atoms with van der Waals surface area (Å²) in [7, 11) is 0. The summed E-state index contributed by atoms with van der Waals surface area (Å²) < 4.78 is 5.06. The van der Waals surface area contributed by atoms with Crippen molar-refractivity contribution < 1.29 is 4.74 Å². The number of ether oxygens (including phenoxy) is 1. The van der Waals surface area contributed by atoms with E-state index in [1.807, 2.05) is 0 Å². The molecule has 1 rings (SSSR count). The molecule has 0 spiro atoms. The van der Waals surface area contributed by atoms with Crippen LogP contribution in [-0.4, -0.2) is 18.8 Å². The summed E-state index contributed by atoms with van der Waals surface area (Å²) in [5.74, 6) is 0. The van der Waals surface area contributed by atoms with Crippen molar-refractivity contribution in [1.82, 2.24) is 0 Å². The fourth-order valence-electron chi connectivity index (χ4n) is 0.573. The molecule has 2 N–H and O–H groups in total. The van der Waals surface area contributed by atoms with Crippen LogP contribution in [-0.2, 0) is 4.74 Å². The van der Waals surface area contributed by atoms with Crippen LogP contribution in [0.1, 0.15) is 13.3 Å². The van der Waals surface area contributed by atoms with E-state index in [-0.39, 0.29) is 5.60 Å². The van der Waals surface area contributed by atoms with E-state index in [4.69, 9.17) is 10.5 Å². The summed E-state index contributed by atoms with van der Waals surface area (Å²) in [4.78, 5) is 0. The minimum Gasteiger partial charge on any atom is -0.370 e. The zero-order valence-electron chi connectivity index (χ0n) is 4.61. The first kappa shape index (κ1) is 5.06. The van der Waals surface area contributed by atoms with Crippen LogP contribution in [0, 0.1) is 0 Å². The molecule has 1 fully saturated rings. The SMILES string of the molecule is CC1(CCN)CO1. The Labute approximate surface area is 43.6 Å². The van der Waals surface area contributed by atoms with Gasteiger partial charge in [-0.3, -0.25) is 0 Å². The van der Waals surface area contributed by atoms with Crippen LogP contribution in [0.2, 0.25) is 0 Å². The molecular weight excluding hydrogens is 90.1 g/mol. The number of nitrogens with two attached hydrogens (primary N) is 1. The molecular formula is C5H11NO. The first-order valence-corrected chi connectivity index (χ1v) is 2.61. The maximum atomic E-state index is 5.27. The Morgan fingerprint density at radius 2 is 2.43 bits per heavy atom. The zero-order chi connectivity index (χ0) is 5.33. The van der Waals surface area contributed by atoms with Gasteiger partial charge < -0.3 is 10.5 Å². The van der Waals surface area contributed by atoms with Crippen molar-refractivity contribution in [3.63, 3.8) is 0 Å². The summed E-state index contributed by atoms with van der Waals surface area (Å²) in [5.41, 5.74) is 5.45. The van der Waals surface area contributed by atoms with E-state index in [0.717, 1.165) is 19.6 Å². The Morgan fingerprint density at radius 3 is 2.57 bits per heavy atom. The molecule has 0 aliphatic carbocycles. The van der Waals surface area contributed by atoms with Crippen LogP contribution in [0.3, 0.4) is 0 Å². The van der Waals surface area contributed by atoms with Gasteiger partial charge in [-0.25, -0.2) is 0 Å². The lowest BCUT2D eigenvalue weighted by atomic mass is 10.1. The van der Waals surface area contributed by atoms with Crippen molar-refractivity contribution in [2.24, 2.45) is 5.73 Å². The lowest BCUT2D eigenvalue weighted by molar-refractivity contribution is 0.312. The van der Waals surface area contributed by atoms with Gasteiger partial charge in [0.2, 0.25) is 0 Å². The maximum absolute atomic E-state index is 5.27. The van der Waals surface area contributed by atoms with Crippen molar-refractivity contribution in [1.29, 1.82) is 0 Å². The molecule has 0 saturated carbocycles. The lowest BCUT2D eigenvalue weighted by Crippen LogP contribution is -2.11. The summed E-state index contributed by atoms with van der Waals surface area (Å²) >= 11 is 0. The van der Waals surface area contributed by atoms with Crippen molar-refractivity contribution in [2.75, 3.05) is 13.2 Å². The molecule has 2 heteroatoms. The van der Waals surface area contributed by atoms with Gasteiger partial charge in [0.25, 0.3) is 0 Å². The predicted octanol–water partition coefficient (Wildman–Crippen LogP) is 0.124. The first-order chi connectivity index (χ1) is 3.27. The van der Waals surface area contributed by atoms with Crippen molar-refractivity contribution in [2.45, 2.75) is 18.9 Å². The second-order valence-electron chi connectivity index (χ2n) is 2.28. The summed E-state index contributed by atoms with van der Waals surface area (Å²) in [6.45, 7) is 3.74. The van der Waals surface area contributed by atoms with Crippen molar-refractivity contribution in [3.05, 3.63) is 0 Å². The molecule has 42 valence electrons. The number of hydrogen-bond acceptors (Lipinski definition) is 2. The van der Waals surface area contributed by atoms with Crippen LogP contribution in [0.15, 0.2) is 0 Å². The Balaban J connectivity index is 2.13.